The molecule has 0 amide bonds. The standard InChI is InChI=1S/C12H27NO2/c1-5-9-15-10-7-13-11(6-8-14)12(2,3)4/h11,13-14H,5-10H2,1-4H3. The van der Waals surface area contributed by atoms with Crippen molar-refractivity contribution in [2.75, 3.05) is 26.4 Å². The number of rotatable bonds is 8. The van der Waals surface area contributed by atoms with Crippen LogP contribution in [0.5, 0.6) is 0 Å². The minimum atomic E-state index is 0.188. The molecule has 2 N–H and O–H groups in total. The lowest BCUT2D eigenvalue weighted by Gasteiger charge is -2.31. The van der Waals surface area contributed by atoms with Gasteiger partial charge >= 0.3 is 0 Å². The van der Waals surface area contributed by atoms with Gasteiger partial charge in [-0.1, -0.05) is 27.7 Å². The van der Waals surface area contributed by atoms with Gasteiger partial charge in [0.15, 0.2) is 0 Å². The highest BCUT2D eigenvalue weighted by molar-refractivity contribution is 4.79. The van der Waals surface area contributed by atoms with Crippen molar-refractivity contribution in [2.24, 2.45) is 5.41 Å². The van der Waals surface area contributed by atoms with Crippen molar-refractivity contribution >= 4 is 0 Å². The number of ether oxygens (including phenoxy) is 1. The van der Waals surface area contributed by atoms with Crippen LogP contribution < -0.4 is 5.32 Å². The van der Waals surface area contributed by atoms with Gasteiger partial charge in [-0.05, 0) is 18.3 Å². The summed E-state index contributed by atoms with van der Waals surface area (Å²) in [7, 11) is 0. The van der Waals surface area contributed by atoms with Crippen LogP contribution in [0.1, 0.15) is 40.5 Å². The lowest BCUT2D eigenvalue weighted by molar-refractivity contribution is 0.123. The quantitative estimate of drug-likeness (QED) is 0.609. The fourth-order valence-corrected chi connectivity index (χ4v) is 1.52. The topological polar surface area (TPSA) is 41.5 Å². The summed E-state index contributed by atoms with van der Waals surface area (Å²) in [6.45, 7) is 11.4. The van der Waals surface area contributed by atoms with Gasteiger partial charge in [-0.2, -0.15) is 0 Å². The van der Waals surface area contributed by atoms with E-state index in [1.165, 1.54) is 0 Å². The molecule has 0 rings (SSSR count). The fraction of sp³-hybridized carbons (Fsp3) is 1.00. The molecule has 0 aromatic heterocycles. The van der Waals surface area contributed by atoms with Gasteiger partial charge in [0, 0.05) is 25.8 Å². The highest BCUT2D eigenvalue weighted by Crippen LogP contribution is 2.21. The maximum absolute atomic E-state index is 8.97. The van der Waals surface area contributed by atoms with Crippen molar-refractivity contribution in [3.05, 3.63) is 0 Å². The Balaban J connectivity index is 3.67. The van der Waals surface area contributed by atoms with Crippen LogP contribution in [0.3, 0.4) is 0 Å². The van der Waals surface area contributed by atoms with Gasteiger partial charge in [-0.15, -0.1) is 0 Å². The smallest absolute Gasteiger partial charge is 0.0591 e. The molecule has 0 aromatic carbocycles. The summed E-state index contributed by atoms with van der Waals surface area (Å²) in [5, 5.41) is 12.4. The Morgan fingerprint density at radius 3 is 2.40 bits per heavy atom. The summed E-state index contributed by atoms with van der Waals surface area (Å²) in [4.78, 5) is 0. The third-order valence-electron chi connectivity index (χ3n) is 2.45. The fourth-order valence-electron chi connectivity index (χ4n) is 1.52. The maximum Gasteiger partial charge on any atom is 0.0591 e. The molecule has 3 nitrogen and oxygen atoms in total. The SMILES string of the molecule is CCCOCCNC(CCO)C(C)(C)C. The maximum atomic E-state index is 8.97. The average molecular weight is 217 g/mol. The first-order valence-corrected chi connectivity index (χ1v) is 5.94. The van der Waals surface area contributed by atoms with Crippen LogP contribution in [-0.2, 0) is 4.74 Å². The van der Waals surface area contributed by atoms with Crippen LogP contribution in [-0.4, -0.2) is 37.5 Å². The van der Waals surface area contributed by atoms with E-state index in [1.54, 1.807) is 0 Å². The van der Waals surface area contributed by atoms with E-state index < -0.39 is 0 Å². The lowest BCUT2D eigenvalue weighted by Crippen LogP contribution is -2.42. The molecule has 0 aromatic rings. The number of nitrogens with one attached hydrogen (secondary N) is 1. The Bertz CT molecular complexity index is 143. The second kappa shape index (κ2) is 8.08. The zero-order valence-electron chi connectivity index (χ0n) is 10.7. The zero-order chi connectivity index (χ0) is 11.7. The molecule has 0 saturated heterocycles. The van der Waals surface area contributed by atoms with Crippen LogP contribution in [0.25, 0.3) is 0 Å². The molecule has 15 heavy (non-hydrogen) atoms. The minimum Gasteiger partial charge on any atom is -0.396 e. The molecular formula is C12H27NO2. The average Bonchev–Trinajstić information content (AvgIpc) is 2.14. The number of aliphatic hydroxyl groups is 1. The van der Waals surface area contributed by atoms with E-state index in [1.807, 2.05) is 0 Å². The van der Waals surface area contributed by atoms with Gasteiger partial charge in [-0.25, -0.2) is 0 Å². The predicted molar refractivity (Wildman–Crippen MR) is 64.1 cm³/mol. The predicted octanol–water partition coefficient (Wildman–Crippen LogP) is 1.80. The second-order valence-corrected chi connectivity index (χ2v) is 5.00. The Labute approximate surface area is 94.2 Å². The van der Waals surface area contributed by atoms with E-state index >= 15 is 0 Å². The molecule has 92 valence electrons. The summed E-state index contributed by atoms with van der Waals surface area (Å²) < 4.78 is 5.40. The van der Waals surface area contributed by atoms with Crippen LogP contribution in [0.4, 0.5) is 0 Å². The van der Waals surface area contributed by atoms with Gasteiger partial charge in [0.2, 0.25) is 0 Å². The Morgan fingerprint density at radius 2 is 1.93 bits per heavy atom. The van der Waals surface area contributed by atoms with Crippen LogP contribution in [0.15, 0.2) is 0 Å². The molecule has 0 fully saturated rings. The van der Waals surface area contributed by atoms with Gasteiger partial charge in [-0.3, -0.25) is 0 Å². The first kappa shape index (κ1) is 14.9. The molecule has 3 heteroatoms. The van der Waals surface area contributed by atoms with Gasteiger partial charge in [0.1, 0.15) is 0 Å². The molecule has 0 saturated carbocycles. The van der Waals surface area contributed by atoms with Crippen LogP contribution in [0.2, 0.25) is 0 Å². The van der Waals surface area contributed by atoms with E-state index in [2.05, 4.69) is 33.0 Å². The third kappa shape index (κ3) is 7.77. The van der Waals surface area contributed by atoms with Gasteiger partial charge in [0.05, 0.1) is 6.61 Å². The van der Waals surface area contributed by atoms with Crippen molar-refractivity contribution < 1.29 is 9.84 Å². The van der Waals surface area contributed by atoms with E-state index in [0.29, 0.717) is 6.04 Å². The van der Waals surface area contributed by atoms with Crippen LogP contribution in [0, 0.1) is 5.41 Å². The molecule has 0 heterocycles. The molecule has 0 aliphatic rings. The van der Waals surface area contributed by atoms with Crippen molar-refractivity contribution in [1.82, 2.24) is 5.32 Å². The highest BCUT2D eigenvalue weighted by atomic mass is 16.5. The van der Waals surface area contributed by atoms with Crippen molar-refractivity contribution in [2.45, 2.75) is 46.6 Å². The van der Waals surface area contributed by atoms with E-state index in [0.717, 1.165) is 32.6 Å². The molecule has 0 aliphatic heterocycles. The van der Waals surface area contributed by atoms with E-state index in [9.17, 15) is 0 Å². The molecule has 0 bridgehead atoms. The first-order valence-electron chi connectivity index (χ1n) is 5.94. The molecule has 1 atom stereocenters. The largest absolute Gasteiger partial charge is 0.396 e. The van der Waals surface area contributed by atoms with Gasteiger partial charge in [0.25, 0.3) is 0 Å². The monoisotopic (exact) mass is 217 g/mol. The summed E-state index contributed by atoms with van der Waals surface area (Å²) in [6, 6.07) is 0.354. The minimum absolute atomic E-state index is 0.188. The Hall–Kier alpha value is -0.120. The van der Waals surface area contributed by atoms with E-state index in [4.69, 9.17) is 9.84 Å². The summed E-state index contributed by atoms with van der Waals surface area (Å²) in [5.41, 5.74) is 0.188. The molecule has 0 spiro atoms. The number of aliphatic hydroxyl groups excluding tert-OH is 1. The third-order valence-corrected chi connectivity index (χ3v) is 2.45. The Morgan fingerprint density at radius 1 is 1.27 bits per heavy atom. The van der Waals surface area contributed by atoms with Gasteiger partial charge < -0.3 is 15.2 Å². The van der Waals surface area contributed by atoms with E-state index in [-0.39, 0.29) is 12.0 Å². The lowest BCUT2D eigenvalue weighted by atomic mass is 9.85. The Kier molecular flexibility index (Phi) is 8.02. The van der Waals surface area contributed by atoms with Crippen molar-refractivity contribution in [3.8, 4) is 0 Å². The molecule has 0 radical (unpaired) electrons. The summed E-state index contributed by atoms with van der Waals surface area (Å²) in [6.07, 6.45) is 1.87. The van der Waals surface area contributed by atoms with Crippen molar-refractivity contribution in [3.63, 3.8) is 0 Å². The normalized spacial score (nSPS) is 14.2. The first-order chi connectivity index (χ1) is 7.02. The summed E-state index contributed by atoms with van der Waals surface area (Å²) >= 11 is 0. The highest BCUT2D eigenvalue weighted by Gasteiger charge is 2.22. The number of hydrogen-bond acceptors (Lipinski definition) is 3. The second-order valence-electron chi connectivity index (χ2n) is 5.00. The summed E-state index contributed by atoms with van der Waals surface area (Å²) in [5.74, 6) is 0. The number of hydrogen-bond donors (Lipinski definition) is 2. The van der Waals surface area contributed by atoms with Crippen molar-refractivity contribution in [1.29, 1.82) is 0 Å². The van der Waals surface area contributed by atoms with Crippen LogP contribution >= 0.6 is 0 Å². The molecular weight excluding hydrogens is 190 g/mol. The molecule has 0 aliphatic carbocycles. The zero-order valence-corrected chi connectivity index (χ0v) is 10.7. The molecule has 1 unspecified atom stereocenters.